The molecule has 0 aliphatic carbocycles. The Morgan fingerprint density at radius 1 is 1.50 bits per heavy atom. The Hall–Kier alpha value is -0.830. The third kappa shape index (κ3) is 1.82. The van der Waals surface area contributed by atoms with Gasteiger partial charge in [-0.1, -0.05) is 6.92 Å². The summed E-state index contributed by atoms with van der Waals surface area (Å²) < 4.78 is 1.89. The average molecular weight is 193 g/mol. The van der Waals surface area contributed by atoms with E-state index in [0.717, 1.165) is 12.5 Å². The SMILES string of the molecule is CC1CNC(C)C(c2cnn(C)c2)C1. The minimum Gasteiger partial charge on any atom is -0.313 e. The molecule has 0 saturated carbocycles. The van der Waals surface area contributed by atoms with Gasteiger partial charge in [-0.05, 0) is 31.4 Å². The molecule has 1 saturated heterocycles. The van der Waals surface area contributed by atoms with Gasteiger partial charge in [0.2, 0.25) is 0 Å². The molecule has 3 unspecified atom stereocenters. The maximum absolute atomic E-state index is 4.24. The third-order valence-corrected chi connectivity index (χ3v) is 3.20. The van der Waals surface area contributed by atoms with E-state index in [1.165, 1.54) is 12.0 Å². The number of hydrogen-bond acceptors (Lipinski definition) is 2. The van der Waals surface area contributed by atoms with Gasteiger partial charge in [0.1, 0.15) is 0 Å². The van der Waals surface area contributed by atoms with Gasteiger partial charge in [0.15, 0.2) is 0 Å². The van der Waals surface area contributed by atoms with Crippen molar-refractivity contribution in [2.75, 3.05) is 6.54 Å². The molecule has 0 aromatic carbocycles. The van der Waals surface area contributed by atoms with Crippen LogP contribution in [0.15, 0.2) is 12.4 Å². The second kappa shape index (κ2) is 3.73. The fraction of sp³-hybridized carbons (Fsp3) is 0.727. The lowest BCUT2D eigenvalue weighted by molar-refractivity contribution is 0.300. The van der Waals surface area contributed by atoms with Crippen LogP contribution in [0.3, 0.4) is 0 Å². The van der Waals surface area contributed by atoms with Crippen molar-refractivity contribution in [3.8, 4) is 0 Å². The van der Waals surface area contributed by atoms with E-state index in [0.29, 0.717) is 12.0 Å². The molecule has 1 aliphatic heterocycles. The van der Waals surface area contributed by atoms with E-state index in [4.69, 9.17) is 0 Å². The largest absolute Gasteiger partial charge is 0.313 e. The molecule has 3 nitrogen and oxygen atoms in total. The molecule has 0 radical (unpaired) electrons. The van der Waals surface area contributed by atoms with Crippen LogP contribution in [-0.4, -0.2) is 22.4 Å². The Morgan fingerprint density at radius 2 is 2.29 bits per heavy atom. The number of nitrogens with one attached hydrogen (secondary N) is 1. The van der Waals surface area contributed by atoms with Gasteiger partial charge in [0.25, 0.3) is 0 Å². The van der Waals surface area contributed by atoms with Gasteiger partial charge in [-0.15, -0.1) is 0 Å². The van der Waals surface area contributed by atoms with Crippen molar-refractivity contribution in [3.63, 3.8) is 0 Å². The van der Waals surface area contributed by atoms with Crippen molar-refractivity contribution >= 4 is 0 Å². The van der Waals surface area contributed by atoms with Crippen LogP contribution in [0.5, 0.6) is 0 Å². The molecule has 14 heavy (non-hydrogen) atoms. The van der Waals surface area contributed by atoms with Crippen LogP contribution in [0, 0.1) is 5.92 Å². The van der Waals surface area contributed by atoms with Gasteiger partial charge in [-0.2, -0.15) is 5.10 Å². The molecule has 1 aliphatic rings. The second-order valence-corrected chi connectivity index (χ2v) is 4.59. The van der Waals surface area contributed by atoms with Crippen LogP contribution in [0.1, 0.15) is 31.7 Å². The van der Waals surface area contributed by atoms with Crippen LogP contribution < -0.4 is 5.32 Å². The Kier molecular flexibility index (Phi) is 2.59. The first-order valence-corrected chi connectivity index (χ1v) is 5.38. The zero-order valence-electron chi connectivity index (χ0n) is 9.20. The van der Waals surface area contributed by atoms with E-state index >= 15 is 0 Å². The molecule has 2 heterocycles. The third-order valence-electron chi connectivity index (χ3n) is 3.20. The minimum absolute atomic E-state index is 0.579. The van der Waals surface area contributed by atoms with E-state index in [1.807, 2.05) is 17.9 Å². The predicted molar refractivity (Wildman–Crippen MR) is 57.2 cm³/mol. The smallest absolute Gasteiger partial charge is 0.0525 e. The van der Waals surface area contributed by atoms with E-state index in [9.17, 15) is 0 Å². The molecular formula is C11H19N3. The summed E-state index contributed by atoms with van der Waals surface area (Å²) in [5.41, 5.74) is 1.37. The molecular weight excluding hydrogens is 174 g/mol. The average Bonchev–Trinajstić information content (AvgIpc) is 2.56. The van der Waals surface area contributed by atoms with Crippen LogP contribution in [0.2, 0.25) is 0 Å². The number of rotatable bonds is 1. The van der Waals surface area contributed by atoms with E-state index in [1.54, 1.807) is 0 Å². The maximum Gasteiger partial charge on any atom is 0.0525 e. The van der Waals surface area contributed by atoms with Crippen molar-refractivity contribution in [1.82, 2.24) is 15.1 Å². The highest BCUT2D eigenvalue weighted by atomic mass is 15.2. The molecule has 0 bridgehead atoms. The lowest BCUT2D eigenvalue weighted by Crippen LogP contribution is -2.41. The first-order valence-electron chi connectivity index (χ1n) is 5.38. The lowest BCUT2D eigenvalue weighted by atomic mass is 9.83. The second-order valence-electron chi connectivity index (χ2n) is 4.59. The standard InChI is InChI=1S/C11H19N3/c1-8-4-11(9(2)12-5-8)10-6-13-14(3)7-10/h6-9,11-12H,4-5H2,1-3H3. The monoisotopic (exact) mass is 193 g/mol. The Balaban J connectivity index is 2.15. The topological polar surface area (TPSA) is 29.9 Å². The summed E-state index contributed by atoms with van der Waals surface area (Å²) in [6, 6.07) is 0.579. The molecule has 1 aromatic rings. The first kappa shape index (κ1) is 9.71. The van der Waals surface area contributed by atoms with Crippen LogP contribution >= 0.6 is 0 Å². The summed E-state index contributed by atoms with van der Waals surface area (Å²) in [7, 11) is 1.98. The van der Waals surface area contributed by atoms with Crippen molar-refractivity contribution in [1.29, 1.82) is 0 Å². The predicted octanol–water partition coefficient (Wildman–Crippen LogP) is 1.52. The van der Waals surface area contributed by atoms with Gasteiger partial charge >= 0.3 is 0 Å². The highest BCUT2D eigenvalue weighted by molar-refractivity contribution is 5.15. The molecule has 1 fully saturated rings. The zero-order chi connectivity index (χ0) is 10.1. The molecule has 2 rings (SSSR count). The van der Waals surface area contributed by atoms with Gasteiger partial charge in [0, 0.05) is 25.2 Å². The minimum atomic E-state index is 0.579. The van der Waals surface area contributed by atoms with Crippen molar-refractivity contribution in [2.45, 2.75) is 32.2 Å². The molecule has 0 amide bonds. The fourth-order valence-electron chi connectivity index (χ4n) is 2.31. The van der Waals surface area contributed by atoms with Crippen molar-refractivity contribution in [2.24, 2.45) is 13.0 Å². The highest BCUT2D eigenvalue weighted by Crippen LogP contribution is 2.29. The first-order chi connectivity index (χ1) is 6.66. The van der Waals surface area contributed by atoms with E-state index in [-0.39, 0.29) is 0 Å². The number of aryl methyl sites for hydroxylation is 1. The van der Waals surface area contributed by atoms with Gasteiger partial charge in [-0.3, -0.25) is 4.68 Å². The molecule has 1 N–H and O–H groups in total. The Labute approximate surface area is 85.5 Å². The normalized spacial score (nSPS) is 33.2. The summed E-state index contributed by atoms with van der Waals surface area (Å²) in [6.45, 7) is 5.73. The van der Waals surface area contributed by atoms with Crippen LogP contribution in [0.25, 0.3) is 0 Å². The lowest BCUT2D eigenvalue weighted by Gasteiger charge is -2.33. The summed E-state index contributed by atoms with van der Waals surface area (Å²) in [6.07, 6.45) is 5.42. The number of aromatic nitrogens is 2. The number of nitrogens with zero attached hydrogens (tertiary/aromatic N) is 2. The van der Waals surface area contributed by atoms with Gasteiger partial charge in [0.05, 0.1) is 6.20 Å². The van der Waals surface area contributed by atoms with E-state index in [2.05, 4.69) is 30.5 Å². The molecule has 3 atom stereocenters. The summed E-state index contributed by atoms with van der Waals surface area (Å²) in [5, 5.41) is 7.79. The van der Waals surface area contributed by atoms with Crippen LogP contribution in [-0.2, 0) is 7.05 Å². The summed E-state index contributed by atoms with van der Waals surface area (Å²) in [5.74, 6) is 1.41. The molecule has 3 heteroatoms. The Bertz CT molecular complexity index is 305. The quantitative estimate of drug-likeness (QED) is 0.733. The number of piperidine rings is 1. The number of hydrogen-bond donors (Lipinski definition) is 1. The summed E-state index contributed by atoms with van der Waals surface area (Å²) >= 11 is 0. The Morgan fingerprint density at radius 3 is 2.93 bits per heavy atom. The van der Waals surface area contributed by atoms with Crippen molar-refractivity contribution < 1.29 is 0 Å². The van der Waals surface area contributed by atoms with Crippen LogP contribution in [0.4, 0.5) is 0 Å². The van der Waals surface area contributed by atoms with Gasteiger partial charge in [-0.25, -0.2) is 0 Å². The molecule has 0 spiro atoms. The highest BCUT2D eigenvalue weighted by Gasteiger charge is 2.26. The summed E-state index contributed by atoms with van der Waals surface area (Å²) in [4.78, 5) is 0. The molecule has 1 aromatic heterocycles. The zero-order valence-corrected chi connectivity index (χ0v) is 9.20. The van der Waals surface area contributed by atoms with Gasteiger partial charge < -0.3 is 5.32 Å². The van der Waals surface area contributed by atoms with E-state index < -0.39 is 0 Å². The fourth-order valence-corrected chi connectivity index (χ4v) is 2.31. The van der Waals surface area contributed by atoms with Crippen molar-refractivity contribution in [3.05, 3.63) is 18.0 Å². The molecule has 78 valence electrons. The maximum atomic E-state index is 4.24.